The summed E-state index contributed by atoms with van der Waals surface area (Å²) in [5.41, 5.74) is 2.35. The number of cyclic esters (lactones) is 1. The number of halogens is 1. The van der Waals surface area contributed by atoms with E-state index in [2.05, 4.69) is 6.58 Å². The van der Waals surface area contributed by atoms with Gasteiger partial charge in [0.1, 0.15) is 24.8 Å². The van der Waals surface area contributed by atoms with Crippen LogP contribution in [0.25, 0.3) is 0 Å². The van der Waals surface area contributed by atoms with Crippen molar-refractivity contribution in [2.75, 3.05) is 18.1 Å². The Morgan fingerprint density at radius 3 is 2.54 bits per heavy atom. The van der Waals surface area contributed by atoms with Gasteiger partial charge < -0.3 is 9.47 Å². The number of esters is 1. The lowest BCUT2D eigenvalue weighted by atomic mass is 9.84. The highest BCUT2D eigenvalue weighted by Crippen LogP contribution is 2.42. The van der Waals surface area contributed by atoms with Crippen molar-refractivity contribution >= 4 is 17.6 Å². The summed E-state index contributed by atoms with van der Waals surface area (Å²) in [6.07, 6.45) is 1.78. The van der Waals surface area contributed by atoms with Crippen LogP contribution in [0.5, 0.6) is 5.75 Å². The monoisotopic (exact) mass is 379 g/mol. The van der Waals surface area contributed by atoms with Crippen LogP contribution in [0.15, 0.2) is 72.5 Å². The molecule has 2 aliphatic rings. The summed E-state index contributed by atoms with van der Waals surface area (Å²) in [6.45, 7) is 4.03. The fourth-order valence-corrected chi connectivity index (χ4v) is 3.58. The Morgan fingerprint density at radius 1 is 1.14 bits per heavy atom. The minimum Gasteiger partial charge on any atom is -0.490 e. The molecule has 0 fully saturated rings. The molecule has 2 aromatic carbocycles. The number of ether oxygens (including phenoxy) is 2. The smallest absolute Gasteiger partial charge is 0.336 e. The second-order valence-electron chi connectivity index (χ2n) is 6.57. The van der Waals surface area contributed by atoms with Crippen molar-refractivity contribution in [1.82, 2.24) is 0 Å². The Balaban J connectivity index is 1.70. The lowest BCUT2D eigenvalue weighted by Crippen LogP contribution is -2.37. The molecule has 5 nitrogen and oxygen atoms in total. The van der Waals surface area contributed by atoms with E-state index in [0.717, 1.165) is 5.56 Å². The van der Waals surface area contributed by atoms with Gasteiger partial charge in [-0.25, -0.2) is 9.18 Å². The molecule has 0 saturated carbocycles. The molecule has 142 valence electrons. The van der Waals surface area contributed by atoms with Crippen LogP contribution in [-0.4, -0.2) is 25.1 Å². The Bertz CT molecular complexity index is 963. The number of hydrogen-bond acceptors (Lipinski definition) is 4. The number of amides is 1. The highest BCUT2D eigenvalue weighted by molar-refractivity contribution is 6.06. The molecule has 0 aliphatic carbocycles. The topological polar surface area (TPSA) is 55.8 Å². The molecular formula is C22H18FNO4. The first-order valence-corrected chi connectivity index (χ1v) is 8.91. The zero-order valence-electron chi connectivity index (χ0n) is 15.1. The Kier molecular flexibility index (Phi) is 4.69. The summed E-state index contributed by atoms with van der Waals surface area (Å²) >= 11 is 0. The molecule has 2 aliphatic heterocycles. The fourth-order valence-electron chi connectivity index (χ4n) is 3.58. The standard InChI is InChI=1S/C22H18FNO4/c1-2-11-27-17-9-3-14(4-10-17)18-12-20(25)24(16-7-5-15(23)6-8-16)19-13-28-22(26)21(18)19/h2-10,18H,1,11-13H2. The van der Waals surface area contributed by atoms with Gasteiger partial charge in [0.25, 0.3) is 0 Å². The van der Waals surface area contributed by atoms with Crippen molar-refractivity contribution in [1.29, 1.82) is 0 Å². The zero-order chi connectivity index (χ0) is 19.7. The molecule has 0 saturated heterocycles. The summed E-state index contributed by atoms with van der Waals surface area (Å²) in [4.78, 5) is 26.8. The summed E-state index contributed by atoms with van der Waals surface area (Å²) in [7, 11) is 0. The number of benzene rings is 2. The van der Waals surface area contributed by atoms with Gasteiger partial charge in [0.05, 0.1) is 11.3 Å². The van der Waals surface area contributed by atoms with Crippen molar-refractivity contribution < 1.29 is 23.5 Å². The number of carbonyl (C=O) groups is 2. The van der Waals surface area contributed by atoms with Crippen molar-refractivity contribution in [2.24, 2.45) is 0 Å². The van der Waals surface area contributed by atoms with Crippen molar-refractivity contribution in [3.63, 3.8) is 0 Å². The van der Waals surface area contributed by atoms with Crippen LogP contribution in [0.3, 0.4) is 0 Å². The van der Waals surface area contributed by atoms with E-state index in [9.17, 15) is 14.0 Å². The van der Waals surface area contributed by atoms with E-state index in [1.165, 1.54) is 29.2 Å². The van der Waals surface area contributed by atoms with Gasteiger partial charge in [-0.05, 0) is 42.0 Å². The van der Waals surface area contributed by atoms with Crippen molar-refractivity contribution in [3.05, 3.63) is 83.8 Å². The first kappa shape index (κ1) is 18.0. The van der Waals surface area contributed by atoms with E-state index in [0.29, 0.717) is 29.3 Å². The quantitative estimate of drug-likeness (QED) is 0.587. The maximum Gasteiger partial charge on any atom is 0.336 e. The first-order chi connectivity index (χ1) is 13.6. The number of anilines is 1. The van der Waals surface area contributed by atoms with Crippen LogP contribution in [-0.2, 0) is 14.3 Å². The van der Waals surface area contributed by atoms with Crippen LogP contribution in [0, 0.1) is 5.82 Å². The number of hydrogen-bond donors (Lipinski definition) is 0. The molecule has 0 radical (unpaired) electrons. The minimum absolute atomic E-state index is 0.0221. The number of rotatable bonds is 5. The third-order valence-electron chi connectivity index (χ3n) is 4.85. The van der Waals surface area contributed by atoms with Crippen LogP contribution in [0.2, 0.25) is 0 Å². The molecule has 28 heavy (non-hydrogen) atoms. The summed E-state index contributed by atoms with van der Waals surface area (Å²) in [6, 6.07) is 12.9. The van der Waals surface area contributed by atoms with Crippen LogP contribution < -0.4 is 9.64 Å². The molecule has 1 amide bonds. The Morgan fingerprint density at radius 2 is 1.86 bits per heavy atom. The van der Waals surface area contributed by atoms with E-state index in [-0.39, 0.29) is 24.9 Å². The van der Waals surface area contributed by atoms with Crippen LogP contribution in [0.1, 0.15) is 17.9 Å². The normalized spacial score (nSPS) is 18.8. The second kappa shape index (κ2) is 7.31. The van der Waals surface area contributed by atoms with Crippen LogP contribution in [0.4, 0.5) is 10.1 Å². The van der Waals surface area contributed by atoms with Gasteiger partial charge in [0.2, 0.25) is 5.91 Å². The van der Waals surface area contributed by atoms with E-state index in [1.807, 2.05) is 12.1 Å². The van der Waals surface area contributed by atoms with E-state index < -0.39 is 11.8 Å². The summed E-state index contributed by atoms with van der Waals surface area (Å²) < 4.78 is 24.0. The Hall–Kier alpha value is -3.41. The SMILES string of the molecule is C=CCOc1ccc(C2CC(=O)N(c3ccc(F)cc3)C3=C2C(=O)OC3)cc1. The highest BCUT2D eigenvalue weighted by atomic mass is 19.1. The van der Waals surface area contributed by atoms with E-state index in [1.54, 1.807) is 18.2 Å². The lowest BCUT2D eigenvalue weighted by molar-refractivity contribution is -0.136. The fraction of sp³-hybridized carbons (Fsp3) is 0.182. The molecule has 4 rings (SSSR count). The molecule has 1 atom stereocenters. The first-order valence-electron chi connectivity index (χ1n) is 8.91. The van der Waals surface area contributed by atoms with Crippen LogP contribution >= 0.6 is 0 Å². The molecule has 0 spiro atoms. The van der Waals surface area contributed by atoms with Gasteiger partial charge in [0, 0.05) is 18.0 Å². The largest absolute Gasteiger partial charge is 0.490 e. The van der Waals surface area contributed by atoms with E-state index >= 15 is 0 Å². The highest BCUT2D eigenvalue weighted by Gasteiger charge is 2.42. The van der Waals surface area contributed by atoms with Gasteiger partial charge in [-0.1, -0.05) is 24.8 Å². The molecule has 2 aromatic rings. The van der Waals surface area contributed by atoms with Gasteiger partial charge in [-0.15, -0.1) is 0 Å². The Labute approximate surface area is 161 Å². The van der Waals surface area contributed by atoms with E-state index in [4.69, 9.17) is 9.47 Å². The summed E-state index contributed by atoms with van der Waals surface area (Å²) in [5, 5.41) is 0. The predicted molar refractivity (Wildman–Crippen MR) is 101 cm³/mol. The molecule has 0 bridgehead atoms. The third kappa shape index (κ3) is 3.17. The minimum atomic E-state index is -0.424. The van der Waals surface area contributed by atoms with Gasteiger partial charge in [0.15, 0.2) is 0 Å². The predicted octanol–water partition coefficient (Wildman–Crippen LogP) is 3.72. The molecule has 6 heteroatoms. The van der Waals surface area contributed by atoms with Gasteiger partial charge >= 0.3 is 5.97 Å². The molecule has 1 unspecified atom stereocenters. The molecular weight excluding hydrogens is 361 g/mol. The number of nitrogens with zero attached hydrogens (tertiary/aromatic N) is 1. The molecule has 2 heterocycles. The van der Waals surface area contributed by atoms with Crippen molar-refractivity contribution in [3.8, 4) is 5.75 Å². The third-order valence-corrected chi connectivity index (χ3v) is 4.85. The maximum absolute atomic E-state index is 13.3. The second-order valence-corrected chi connectivity index (χ2v) is 6.57. The maximum atomic E-state index is 13.3. The average Bonchev–Trinajstić information content (AvgIpc) is 3.09. The lowest BCUT2D eigenvalue weighted by Gasteiger charge is -2.31. The average molecular weight is 379 g/mol. The number of carbonyl (C=O) groups excluding carboxylic acids is 2. The zero-order valence-corrected chi connectivity index (χ0v) is 15.1. The molecule has 0 aromatic heterocycles. The summed E-state index contributed by atoms with van der Waals surface area (Å²) in [5.74, 6) is -0.686. The van der Waals surface area contributed by atoms with Crippen molar-refractivity contribution in [2.45, 2.75) is 12.3 Å². The molecule has 0 N–H and O–H groups in total. The van der Waals surface area contributed by atoms with Gasteiger partial charge in [-0.3, -0.25) is 9.69 Å². The van der Waals surface area contributed by atoms with Gasteiger partial charge in [-0.2, -0.15) is 0 Å².